The molecule has 0 radical (unpaired) electrons. The second-order valence-corrected chi connectivity index (χ2v) is 6.15. The van der Waals surface area contributed by atoms with E-state index in [0.717, 1.165) is 35.6 Å². The van der Waals surface area contributed by atoms with Gasteiger partial charge in [-0.3, -0.25) is 10.1 Å². The predicted octanol–water partition coefficient (Wildman–Crippen LogP) is 2.14. The number of imide groups is 1. The van der Waals surface area contributed by atoms with Crippen molar-refractivity contribution in [3.05, 3.63) is 24.3 Å². The van der Waals surface area contributed by atoms with Crippen LogP contribution < -0.4 is 10.6 Å². The molecule has 2 aromatic rings. The van der Waals surface area contributed by atoms with Crippen LogP contribution in [0.5, 0.6) is 0 Å². The van der Waals surface area contributed by atoms with Gasteiger partial charge in [-0.2, -0.15) is 0 Å². The zero-order chi connectivity index (χ0) is 15.5. The van der Waals surface area contributed by atoms with Crippen molar-refractivity contribution in [1.82, 2.24) is 20.2 Å². The molecule has 0 bridgehead atoms. The van der Waals surface area contributed by atoms with Crippen molar-refractivity contribution in [1.29, 1.82) is 0 Å². The van der Waals surface area contributed by atoms with Crippen molar-refractivity contribution < 1.29 is 9.59 Å². The summed E-state index contributed by atoms with van der Waals surface area (Å²) in [6.45, 7) is 2.83. The fraction of sp³-hybridized carbons (Fsp3) is 0.400. The summed E-state index contributed by atoms with van der Waals surface area (Å²) in [4.78, 5) is 27.9. The number of urea groups is 1. The van der Waals surface area contributed by atoms with Gasteiger partial charge in [0.2, 0.25) is 5.91 Å². The molecule has 1 fully saturated rings. The Bertz CT molecular complexity index is 709. The number of nitrogens with one attached hydrogen (secondary N) is 2. The molecule has 1 aromatic carbocycles. The Balaban J connectivity index is 1.60. The topological polar surface area (TPSA) is 76.0 Å². The van der Waals surface area contributed by atoms with Gasteiger partial charge in [-0.05, 0) is 31.9 Å². The highest BCUT2D eigenvalue weighted by Crippen LogP contribution is 2.23. The van der Waals surface area contributed by atoms with Crippen molar-refractivity contribution >= 4 is 34.7 Å². The molecular formula is C15H18N4O2S. The molecule has 22 heavy (non-hydrogen) atoms. The van der Waals surface area contributed by atoms with Gasteiger partial charge in [0.25, 0.3) is 0 Å². The van der Waals surface area contributed by atoms with Crippen LogP contribution in [0.2, 0.25) is 0 Å². The molecule has 0 saturated heterocycles. The number of carbonyl (C=O) groups excluding carboxylic acids is 2. The Hall–Kier alpha value is -2.02. The maximum Gasteiger partial charge on any atom is 0.321 e. The molecule has 116 valence electrons. The number of nitrogens with zero attached hydrogens (tertiary/aromatic N) is 2. The third kappa shape index (κ3) is 3.41. The number of imidazole rings is 1. The number of rotatable bonds is 5. The summed E-state index contributed by atoms with van der Waals surface area (Å²) in [7, 11) is 0. The lowest BCUT2D eigenvalue weighted by atomic mass is 10.3. The van der Waals surface area contributed by atoms with E-state index in [0.29, 0.717) is 0 Å². The van der Waals surface area contributed by atoms with Gasteiger partial charge < -0.3 is 9.88 Å². The Morgan fingerprint density at radius 2 is 2.14 bits per heavy atom. The summed E-state index contributed by atoms with van der Waals surface area (Å²) < 4.78 is 2.07. The SMILES string of the molecule is CCn1c(SCC(=O)NC(=O)NC2CC2)nc2ccccc21. The van der Waals surface area contributed by atoms with Gasteiger partial charge in [-0.15, -0.1) is 0 Å². The Morgan fingerprint density at radius 1 is 1.36 bits per heavy atom. The zero-order valence-corrected chi connectivity index (χ0v) is 13.2. The highest BCUT2D eigenvalue weighted by Gasteiger charge is 2.24. The summed E-state index contributed by atoms with van der Waals surface area (Å²) in [6, 6.07) is 7.72. The van der Waals surface area contributed by atoms with Gasteiger partial charge in [-0.25, -0.2) is 9.78 Å². The lowest BCUT2D eigenvalue weighted by Crippen LogP contribution is -2.41. The van der Waals surface area contributed by atoms with Crippen molar-refractivity contribution in [2.24, 2.45) is 0 Å². The summed E-state index contributed by atoms with van der Waals surface area (Å²) in [6.07, 6.45) is 1.99. The number of fused-ring (bicyclic) bond motifs is 1. The largest absolute Gasteiger partial charge is 0.335 e. The first-order valence-electron chi connectivity index (χ1n) is 7.35. The van der Waals surface area contributed by atoms with Crippen molar-refractivity contribution in [3.8, 4) is 0 Å². The van der Waals surface area contributed by atoms with Crippen LogP contribution in [-0.2, 0) is 11.3 Å². The van der Waals surface area contributed by atoms with Crippen molar-refractivity contribution in [3.63, 3.8) is 0 Å². The third-order valence-electron chi connectivity index (χ3n) is 3.43. The fourth-order valence-electron chi connectivity index (χ4n) is 2.21. The normalized spacial score (nSPS) is 14.0. The number of carbonyl (C=O) groups is 2. The lowest BCUT2D eigenvalue weighted by molar-refractivity contribution is -0.117. The number of aromatic nitrogens is 2. The van der Waals surface area contributed by atoms with Gasteiger partial charge in [0.05, 0.1) is 16.8 Å². The molecule has 2 N–H and O–H groups in total. The van der Waals surface area contributed by atoms with E-state index in [2.05, 4.69) is 20.2 Å². The molecule has 1 aliphatic rings. The van der Waals surface area contributed by atoms with E-state index in [9.17, 15) is 9.59 Å². The van der Waals surface area contributed by atoms with E-state index in [4.69, 9.17) is 0 Å². The minimum absolute atomic E-state index is 0.168. The van der Waals surface area contributed by atoms with Crippen LogP contribution in [0.4, 0.5) is 4.79 Å². The quantitative estimate of drug-likeness (QED) is 0.828. The highest BCUT2D eigenvalue weighted by atomic mass is 32.2. The van der Waals surface area contributed by atoms with Crippen LogP contribution in [0.15, 0.2) is 29.4 Å². The van der Waals surface area contributed by atoms with Gasteiger partial charge in [-0.1, -0.05) is 23.9 Å². The molecule has 0 aliphatic heterocycles. The van der Waals surface area contributed by atoms with Crippen LogP contribution >= 0.6 is 11.8 Å². The van der Waals surface area contributed by atoms with Crippen LogP contribution in [0, 0.1) is 0 Å². The molecular weight excluding hydrogens is 300 g/mol. The summed E-state index contributed by atoms with van der Waals surface area (Å²) in [5.74, 6) is -0.139. The van der Waals surface area contributed by atoms with Crippen LogP contribution in [-0.4, -0.2) is 33.3 Å². The first-order valence-corrected chi connectivity index (χ1v) is 8.34. The smallest absolute Gasteiger partial charge is 0.321 e. The third-order valence-corrected chi connectivity index (χ3v) is 4.41. The number of amides is 3. The molecule has 1 saturated carbocycles. The minimum atomic E-state index is -0.405. The number of hydrogen-bond acceptors (Lipinski definition) is 4. The predicted molar refractivity (Wildman–Crippen MR) is 85.8 cm³/mol. The van der Waals surface area contributed by atoms with E-state index in [1.807, 2.05) is 31.2 Å². The second kappa shape index (κ2) is 6.39. The van der Waals surface area contributed by atoms with Gasteiger partial charge in [0.15, 0.2) is 5.16 Å². The monoisotopic (exact) mass is 318 g/mol. The number of para-hydroxylation sites is 2. The number of aryl methyl sites for hydroxylation is 1. The lowest BCUT2D eigenvalue weighted by Gasteiger charge is -2.06. The molecule has 0 unspecified atom stereocenters. The van der Waals surface area contributed by atoms with Crippen molar-refractivity contribution in [2.45, 2.75) is 37.5 Å². The summed E-state index contributed by atoms with van der Waals surface area (Å²) >= 11 is 1.34. The standard InChI is InChI=1S/C15H18N4O2S/c1-2-19-12-6-4-3-5-11(12)17-15(19)22-9-13(20)18-14(21)16-10-7-8-10/h3-6,10H,2,7-9H2,1H3,(H2,16,18,20,21). The molecule has 7 heteroatoms. The van der Waals surface area contributed by atoms with Crippen LogP contribution in [0.25, 0.3) is 11.0 Å². The first kappa shape index (κ1) is 14.9. The second-order valence-electron chi connectivity index (χ2n) is 5.21. The van der Waals surface area contributed by atoms with Gasteiger partial charge in [0, 0.05) is 12.6 Å². The zero-order valence-electron chi connectivity index (χ0n) is 12.3. The maximum atomic E-state index is 11.8. The van der Waals surface area contributed by atoms with E-state index < -0.39 is 6.03 Å². The molecule has 1 heterocycles. The molecule has 0 atom stereocenters. The van der Waals surface area contributed by atoms with Crippen molar-refractivity contribution in [2.75, 3.05) is 5.75 Å². The fourth-order valence-corrected chi connectivity index (χ4v) is 3.09. The maximum absolute atomic E-state index is 11.8. The first-order chi connectivity index (χ1) is 10.7. The molecule has 3 rings (SSSR count). The summed E-state index contributed by atoms with van der Waals surface area (Å²) in [5.41, 5.74) is 1.97. The average molecular weight is 318 g/mol. The molecule has 3 amide bonds. The number of thioether (sulfide) groups is 1. The van der Waals surface area contributed by atoms with Gasteiger partial charge >= 0.3 is 6.03 Å². The average Bonchev–Trinajstić information content (AvgIpc) is 3.23. The Labute approximate surface area is 132 Å². The van der Waals surface area contributed by atoms with E-state index in [1.165, 1.54) is 11.8 Å². The number of hydrogen-bond donors (Lipinski definition) is 2. The molecule has 1 aromatic heterocycles. The van der Waals surface area contributed by atoms with Crippen LogP contribution in [0.1, 0.15) is 19.8 Å². The molecule has 0 spiro atoms. The Kier molecular flexibility index (Phi) is 4.33. The Morgan fingerprint density at radius 3 is 2.86 bits per heavy atom. The van der Waals surface area contributed by atoms with E-state index in [1.54, 1.807) is 0 Å². The minimum Gasteiger partial charge on any atom is -0.335 e. The number of benzene rings is 1. The van der Waals surface area contributed by atoms with E-state index >= 15 is 0 Å². The van der Waals surface area contributed by atoms with Gasteiger partial charge in [0.1, 0.15) is 0 Å². The summed E-state index contributed by atoms with van der Waals surface area (Å²) in [5, 5.41) is 5.86. The highest BCUT2D eigenvalue weighted by molar-refractivity contribution is 7.99. The molecule has 1 aliphatic carbocycles. The molecule has 6 nitrogen and oxygen atoms in total. The van der Waals surface area contributed by atoms with Crippen LogP contribution in [0.3, 0.4) is 0 Å². The van der Waals surface area contributed by atoms with E-state index in [-0.39, 0.29) is 17.7 Å².